The zero-order valence-electron chi connectivity index (χ0n) is 12.1. The molecule has 0 amide bonds. The van der Waals surface area contributed by atoms with Crippen molar-refractivity contribution in [2.24, 2.45) is 5.73 Å². The zero-order valence-corrected chi connectivity index (χ0v) is 12.1. The summed E-state index contributed by atoms with van der Waals surface area (Å²) in [6, 6.07) is 5.02. The van der Waals surface area contributed by atoms with Crippen LogP contribution in [0, 0.1) is 17.5 Å². The summed E-state index contributed by atoms with van der Waals surface area (Å²) >= 11 is 0. The van der Waals surface area contributed by atoms with Crippen molar-refractivity contribution < 1.29 is 13.2 Å². The van der Waals surface area contributed by atoms with Crippen LogP contribution in [0.5, 0.6) is 0 Å². The molecular weight excluding hydrogens is 303 g/mol. The number of halogens is 3. The monoisotopic (exact) mass is 317 g/mol. The van der Waals surface area contributed by atoms with Crippen LogP contribution in [0.3, 0.4) is 0 Å². The maximum absolute atomic E-state index is 14.1. The van der Waals surface area contributed by atoms with E-state index in [-0.39, 0.29) is 11.6 Å². The average molecular weight is 317 g/mol. The molecule has 0 radical (unpaired) electrons. The van der Waals surface area contributed by atoms with Crippen molar-refractivity contribution in [3.05, 3.63) is 65.4 Å². The summed E-state index contributed by atoms with van der Waals surface area (Å²) in [5.41, 5.74) is 8.36. The Morgan fingerprint density at radius 1 is 1.09 bits per heavy atom. The molecule has 3 nitrogen and oxygen atoms in total. The van der Waals surface area contributed by atoms with Gasteiger partial charge in [0.25, 0.3) is 0 Å². The van der Waals surface area contributed by atoms with Crippen molar-refractivity contribution in [1.29, 1.82) is 0 Å². The molecule has 3 aromatic rings. The second-order valence-corrected chi connectivity index (χ2v) is 5.94. The van der Waals surface area contributed by atoms with E-state index in [1.807, 2.05) is 12.1 Å². The number of aromatic nitrogens is 2. The standard InChI is InChI=1S/C17H14F3N3/c18-13-6-15(20)14(19)5-11(13)12-4-10-3-9-7-22-2-1-17(9)23(10)8-16(12)21/h1-3,5-7,12,16H,4,8,21H2. The lowest BCUT2D eigenvalue weighted by molar-refractivity contribution is 0.397. The summed E-state index contributed by atoms with van der Waals surface area (Å²) in [6.07, 6.45) is 3.94. The molecule has 0 saturated heterocycles. The summed E-state index contributed by atoms with van der Waals surface area (Å²) in [5, 5.41) is 0.987. The molecule has 118 valence electrons. The normalized spacial score (nSPS) is 20.7. The van der Waals surface area contributed by atoms with E-state index in [1.54, 1.807) is 12.4 Å². The van der Waals surface area contributed by atoms with E-state index < -0.39 is 23.4 Å². The minimum atomic E-state index is -1.18. The number of nitrogens with two attached hydrogens (primary N) is 1. The van der Waals surface area contributed by atoms with Crippen molar-refractivity contribution in [2.75, 3.05) is 0 Å². The lowest BCUT2D eigenvalue weighted by Crippen LogP contribution is -2.39. The van der Waals surface area contributed by atoms with Gasteiger partial charge in [-0.15, -0.1) is 0 Å². The number of hydrogen-bond acceptors (Lipinski definition) is 2. The Morgan fingerprint density at radius 3 is 2.70 bits per heavy atom. The van der Waals surface area contributed by atoms with Crippen LogP contribution in [-0.2, 0) is 13.0 Å². The van der Waals surface area contributed by atoms with Gasteiger partial charge in [0.05, 0.1) is 5.52 Å². The largest absolute Gasteiger partial charge is 0.343 e. The van der Waals surface area contributed by atoms with Gasteiger partial charge in [0.1, 0.15) is 5.82 Å². The molecular formula is C17H14F3N3. The van der Waals surface area contributed by atoms with Crippen molar-refractivity contribution >= 4 is 10.9 Å². The van der Waals surface area contributed by atoms with Crippen LogP contribution in [0.25, 0.3) is 10.9 Å². The highest BCUT2D eigenvalue weighted by Crippen LogP contribution is 2.34. The predicted molar refractivity (Wildman–Crippen MR) is 80.5 cm³/mol. The molecule has 3 heterocycles. The summed E-state index contributed by atoms with van der Waals surface area (Å²) in [6.45, 7) is 0.492. The van der Waals surface area contributed by atoms with Gasteiger partial charge in [-0.2, -0.15) is 0 Å². The second kappa shape index (κ2) is 5.09. The van der Waals surface area contributed by atoms with Gasteiger partial charge in [-0.05, 0) is 30.2 Å². The predicted octanol–water partition coefficient (Wildman–Crippen LogP) is 3.12. The van der Waals surface area contributed by atoms with Crippen LogP contribution in [0.4, 0.5) is 13.2 Å². The summed E-state index contributed by atoms with van der Waals surface area (Å²) in [5.74, 6) is -3.38. The average Bonchev–Trinajstić information content (AvgIpc) is 2.88. The highest BCUT2D eigenvalue weighted by atomic mass is 19.2. The molecule has 0 spiro atoms. The summed E-state index contributed by atoms with van der Waals surface area (Å²) in [4.78, 5) is 4.09. The molecule has 2 atom stereocenters. The van der Waals surface area contributed by atoms with Crippen LogP contribution < -0.4 is 5.73 Å². The van der Waals surface area contributed by atoms with Gasteiger partial charge >= 0.3 is 0 Å². The van der Waals surface area contributed by atoms with Crippen LogP contribution in [0.2, 0.25) is 0 Å². The topological polar surface area (TPSA) is 43.8 Å². The van der Waals surface area contributed by atoms with Gasteiger partial charge in [-0.3, -0.25) is 4.98 Å². The third-order valence-corrected chi connectivity index (χ3v) is 4.57. The SMILES string of the molecule is NC1Cn2c(cc3cnccc32)CC1c1cc(F)c(F)cc1F. The molecule has 1 aliphatic rings. The number of pyridine rings is 1. The fraction of sp³-hybridized carbons (Fsp3) is 0.235. The Bertz CT molecular complexity index is 903. The van der Waals surface area contributed by atoms with Crippen molar-refractivity contribution in [1.82, 2.24) is 9.55 Å². The molecule has 2 unspecified atom stereocenters. The first-order valence-corrected chi connectivity index (χ1v) is 7.36. The molecule has 1 aromatic carbocycles. The number of hydrogen-bond donors (Lipinski definition) is 1. The molecule has 2 N–H and O–H groups in total. The molecule has 6 heteroatoms. The zero-order chi connectivity index (χ0) is 16.1. The van der Waals surface area contributed by atoms with E-state index >= 15 is 0 Å². The number of benzene rings is 1. The van der Waals surface area contributed by atoms with Crippen LogP contribution >= 0.6 is 0 Å². The molecule has 1 aliphatic heterocycles. The Hall–Kier alpha value is -2.34. The number of nitrogens with zero attached hydrogens (tertiary/aromatic N) is 2. The minimum absolute atomic E-state index is 0.131. The molecule has 4 rings (SSSR count). The van der Waals surface area contributed by atoms with Crippen LogP contribution in [-0.4, -0.2) is 15.6 Å². The van der Waals surface area contributed by atoms with Crippen LogP contribution in [0.15, 0.2) is 36.7 Å². The van der Waals surface area contributed by atoms with E-state index in [9.17, 15) is 13.2 Å². The highest BCUT2D eigenvalue weighted by Gasteiger charge is 2.31. The summed E-state index contributed by atoms with van der Waals surface area (Å²) < 4.78 is 42.8. The Labute approximate surface area is 130 Å². The Morgan fingerprint density at radius 2 is 1.87 bits per heavy atom. The van der Waals surface area contributed by atoms with Gasteiger partial charge in [0.15, 0.2) is 11.6 Å². The van der Waals surface area contributed by atoms with Gasteiger partial charge < -0.3 is 10.3 Å². The molecule has 0 aliphatic carbocycles. The van der Waals surface area contributed by atoms with Crippen molar-refractivity contribution in [3.8, 4) is 0 Å². The maximum Gasteiger partial charge on any atom is 0.161 e. The first kappa shape index (κ1) is 14.3. The fourth-order valence-corrected chi connectivity index (χ4v) is 3.43. The second-order valence-electron chi connectivity index (χ2n) is 5.94. The first-order valence-electron chi connectivity index (χ1n) is 7.36. The smallest absolute Gasteiger partial charge is 0.161 e. The van der Waals surface area contributed by atoms with E-state index in [4.69, 9.17) is 5.73 Å². The molecule has 0 saturated carbocycles. The van der Waals surface area contributed by atoms with E-state index in [1.165, 1.54) is 0 Å². The Kier molecular flexibility index (Phi) is 3.16. The Balaban J connectivity index is 1.79. The first-order chi connectivity index (χ1) is 11.0. The minimum Gasteiger partial charge on any atom is -0.343 e. The van der Waals surface area contributed by atoms with Crippen molar-refractivity contribution in [3.63, 3.8) is 0 Å². The molecule has 0 bridgehead atoms. The molecule has 0 fully saturated rings. The fourth-order valence-electron chi connectivity index (χ4n) is 3.43. The third-order valence-electron chi connectivity index (χ3n) is 4.57. The number of rotatable bonds is 1. The lowest BCUT2D eigenvalue weighted by atomic mass is 9.85. The highest BCUT2D eigenvalue weighted by molar-refractivity contribution is 5.80. The maximum atomic E-state index is 14.1. The molecule has 2 aromatic heterocycles. The third kappa shape index (κ3) is 2.21. The quantitative estimate of drug-likeness (QED) is 0.701. The van der Waals surface area contributed by atoms with E-state index in [2.05, 4.69) is 9.55 Å². The van der Waals surface area contributed by atoms with E-state index in [0.29, 0.717) is 19.0 Å². The van der Waals surface area contributed by atoms with Gasteiger partial charge in [-0.25, -0.2) is 13.2 Å². The van der Waals surface area contributed by atoms with Gasteiger partial charge in [-0.1, -0.05) is 0 Å². The lowest BCUT2D eigenvalue weighted by Gasteiger charge is -2.31. The van der Waals surface area contributed by atoms with Gasteiger partial charge in [0.2, 0.25) is 0 Å². The summed E-state index contributed by atoms with van der Waals surface area (Å²) in [7, 11) is 0. The number of fused-ring (bicyclic) bond motifs is 3. The van der Waals surface area contributed by atoms with Crippen molar-refractivity contribution in [2.45, 2.75) is 24.9 Å². The van der Waals surface area contributed by atoms with Gasteiger partial charge in [0, 0.05) is 48.0 Å². The van der Waals surface area contributed by atoms with Crippen LogP contribution in [0.1, 0.15) is 17.2 Å². The van der Waals surface area contributed by atoms with E-state index in [0.717, 1.165) is 22.7 Å². The molecule has 23 heavy (non-hydrogen) atoms.